The summed E-state index contributed by atoms with van der Waals surface area (Å²) < 4.78 is 11.3. The zero-order valence-electron chi connectivity index (χ0n) is 48.6. The average molecular weight is 1050 g/mol. The monoisotopic (exact) mass is 1050 g/mol. The zero-order chi connectivity index (χ0) is 53.6. The summed E-state index contributed by atoms with van der Waals surface area (Å²) >= 11 is 0. The molecule has 1 heterocycles. The van der Waals surface area contributed by atoms with Gasteiger partial charge < -0.3 is 40.3 Å². The molecule has 1 fully saturated rings. The molecule has 0 radical (unpaired) electrons. The number of unbranched alkanes of at least 4 members (excludes halogenated alkanes) is 42. The van der Waals surface area contributed by atoms with Crippen molar-refractivity contribution >= 4 is 5.91 Å². The van der Waals surface area contributed by atoms with Crippen LogP contribution in [0.2, 0.25) is 0 Å². The number of nitrogens with one attached hydrogen (secondary N) is 1. The minimum atomic E-state index is -1.57. The minimum Gasteiger partial charge on any atom is -0.394 e. The SMILES string of the molecule is CCCCCCC/C=C\C/C=C\CCCCCCCCCCCC(=O)NC(COC1OC(CO)C(O)C(O)C1O)C(O)/C=C/CCCCCCCCCCCCCCCCCCCCCCCCCCCCCC. The summed E-state index contributed by atoms with van der Waals surface area (Å²) in [4.78, 5) is 13.1. The summed E-state index contributed by atoms with van der Waals surface area (Å²) in [5.74, 6) is -0.177. The first kappa shape index (κ1) is 70.4. The normalized spacial score (nSPS) is 19.1. The lowest BCUT2D eigenvalue weighted by atomic mass is 9.99. The predicted octanol–water partition coefficient (Wildman–Crippen LogP) is 16.7. The maximum absolute atomic E-state index is 13.1. The van der Waals surface area contributed by atoms with Gasteiger partial charge in [-0.1, -0.05) is 294 Å². The second kappa shape index (κ2) is 54.8. The number of rotatable bonds is 56. The van der Waals surface area contributed by atoms with Gasteiger partial charge in [0, 0.05) is 6.42 Å². The van der Waals surface area contributed by atoms with E-state index in [4.69, 9.17) is 9.47 Å². The Hall–Kier alpha value is -1.59. The Morgan fingerprint density at radius 1 is 0.459 bits per heavy atom. The Bertz CT molecular complexity index is 1260. The topological polar surface area (TPSA) is 149 Å². The molecular formula is C65H123NO8. The molecule has 6 N–H and O–H groups in total. The highest BCUT2D eigenvalue weighted by atomic mass is 16.7. The fraction of sp³-hybridized carbons (Fsp3) is 0.892. The Morgan fingerprint density at radius 2 is 0.797 bits per heavy atom. The first-order chi connectivity index (χ1) is 36.3. The van der Waals surface area contributed by atoms with Crippen LogP contribution in [0.3, 0.4) is 0 Å². The second-order valence-electron chi connectivity index (χ2n) is 22.6. The number of ether oxygens (including phenoxy) is 2. The van der Waals surface area contributed by atoms with Gasteiger partial charge in [0.2, 0.25) is 5.91 Å². The van der Waals surface area contributed by atoms with E-state index < -0.39 is 49.5 Å². The number of amides is 1. The predicted molar refractivity (Wildman–Crippen MR) is 313 cm³/mol. The Balaban J connectivity index is 2.16. The first-order valence-corrected chi connectivity index (χ1v) is 32.2. The van der Waals surface area contributed by atoms with E-state index in [1.807, 2.05) is 6.08 Å². The van der Waals surface area contributed by atoms with Crippen LogP contribution in [0.4, 0.5) is 0 Å². The third kappa shape index (κ3) is 43.4. The van der Waals surface area contributed by atoms with Crippen LogP contribution in [0.15, 0.2) is 36.5 Å². The summed E-state index contributed by atoms with van der Waals surface area (Å²) in [5.41, 5.74) is 0. The highest BCUT2D eigenvalue weighted by Gasteiger charge is 2.44. The van der Waals surface area contributed by atoms with Gasteiger partial charge in [0.15, 0.2) is 6.29 Å². The summed E-state index contributed by atoms with van der Waals surface area (Å²) in [7, 11) is 0. The standard InChI is InChI=1S/C65H123NO8/c1-3-5-7-9-11-13-15-17-19-21-23-25-26-27-28-29-30-31-32-33-35-36-38-40-42-44-46-48-50-52-54-59(68)58(57-73-65-64(72)63(71)62(70)60(56-67)74-65)66-61(69)55-53-51-49-47-45-43-41-39-37-34-24-22-20-18-16-14-12-10-8-6-4-2/h16,18,22,24,52,54,58-60,62-65,67-68,70-72H,3-15,17,19-21,23,25-51,53,55-57H2,1-2H3,(H,66,69)/b18-16-,24-22-,54-52+. The molecule has 0 aromatic carbocycles. The van der Waals surface area contributed by atoms with Crippen molar-refractivity contribution in [3.8, 4) is 0 Å². The van der Waals surface area contributed by atoms with Crippen molar-refractivity contribution in [1.82, 2.24) is 5.32 Å². The maximum Gasteiger partial charge on any atom is 0.220 e. The molecule has 9 nitrogen and oxygen atoms in total. The zero-order valence-corrected chi connectivity index (χ0v) is 48.6. The number of aliphatic hydroxyl groups is 5. The van der Waals surface area contributed by atoms with E-state index >= 15 is 0 Å². The number of carbonyl (C=O) groups excluding carboxylic acids is 1. The highest BCUT2D eigenvalue weighted by Crippen LogP contribution is 2.23. The lowest BCUT2D eigenvalue weighted by Gasteiger charge is -2.40. The van der Waals surface area contributed by atoms with E-state index in [1.54, 1.807) is 6.08 Å². The molecule has 9 heteroatoms. The summed E-state index contributed by atoms with van der Waals surface area (Å²) in [6.45, 7) is 3.81. The van der Waals surface area contributed by atoms with E-state index in [0.29, 0.717) is 6.42 Å². The van der Waals surface area contributed by atoms with Crippen LogP contribution in [0.25, 0.3) is 0 Å². The van der Waals surface area contributed by atoms with Gasteiger partial charge in [-0.3, -0.25) is 4.79 Å². The van der Waals surface area contributed by atoms with Gasteiger partial charge in [-0.15, -0.1) is 0 Å². The number of hydrogen-bond donors (Lipinski definition) is 6. The van der Waals surface area contributed by atoms with Crippen LogP contribution in [0.1, 0.15) is 316 Å². The van der Waals surface area contributed by atoms with Crippen LogP contribution in [-0.2, 0) is 14.3 Å². The van der Waals surface area contributed by atoms with Crippen LogP contribution < -0.4 is 5.32 Å². The van der Waals surface area contributed by atoms with Gasteiger partial charge in [-0.05, 0) is 51.4 Å². The maximum atomic E-state index is 13.1. The molecule has 7 atom stereocenters. The van der Waals surface area contributed by atoms with E-state index in [2.05, 4.69) is 43.5 Å². The quantitative estimate of drug-likeness (QED) is 0.0261. The van der Waals surface area contributed by atoms with Gasteiger partial charge in [-0.25, -0.2) is 0 Å². The molecule has 0 spiro atoms. The van der Waals surface area contributed by atoms with Gasteiger partial charge in [0.25, 0.3) is 0 Å². The second-order valence-corrected chi connectivity index (χ2v) is 22.6. The smallest absolute Gasteiger partial charge is 0.220 e. The van der Waals surface area contributed by atoms with E-state index in [0.717, 1.165) is 44.9 Å². The fourth-order valence-corrected chi connectivity index (χ4v) is 10.4. The number of carbonyl (C=O) groups is 1. The van der Waals surface area contributed by atoms with Crippen molar-refractivity contribution in [1.29, 1.82) is 0 Å². The molecule has 74 heavy (non-hydrogen) atoms. The Kier molecular flexibility index (Phi) is 52.1. The summed E-state index contributed by atoms with van der Waals surface area (Å²) in [6, 6.07) is -0.808. The van der Waals surface area contributed by atoms with Gasteiger partial charge >= 0.3 is 0 Å². The van der Waals surface area contributed by atoms with E-state index in [9.17, 15) is 30.3 Å². The molecule has 1 aliphatic rings. The van der Waals surface area contributed by atoms with Crippen molar-refractivity contribution < 1.29 is 39.8 Å². The number of allylic oxidation sites excluding steroid dienone is 5. The van der Waals surface area contributed by atoms with Crippen molar-refractivity contribution in [2.75, 3.05) is 13.2 Å². The minimum absolute atomic E-state index is 0.177. The van der Waals surface area contributed by atoms with Gasteiger partial charge in [0.1, 0.15) is 24.4 Å². The molecule has 1 rings (SSSR count). The van der Waals surface area contributed by atoms with Gasteiger partial charge in [-0.2, -0.15) is 0 Å². The van der Waals surface area contributed by atoms with E-state index in [1.165, 1.54) is 250 Å². The molecule has 7 unspecified atom stereocenters. The van der Waals surface area contributed by atoms with Crippen molar-refractivity contribution in [3.05, 3.63) is 36.5 Å². The highest BCUT2D eigenvalue weighted by molar-refractivity contribution is 5.76. The molecule has 1 amide bonds. The van der Waals surface area contributed by atoms with Crippen molar-refractivity contribution in [3.63, 3.8) is 0 Å². The number of aliphatic hydroxyl groups excluding tert-OH is 5. The van der Waals surface area contributed by atoms with Crippen LogP contribution in [-0.4, -0.2) is 87.5 Å². The van der Waals surface area contributed by atoms with E-state index in [-0.39, 0.29) is 12.5 Å². The van der Waals surface area contributed by atoms with Crippen LogP contribution in [0.5, 0.6) is 0 Å². The number of hydrogen-bond acceptors (Lipinski definition) is 8. The summed E-state index contributed by atoms with van der Waals surface area (Å²) in [6.07, 6.45) is 65.2. The lowest BCUT2D eigenvalue weighted by Crippen LogP contribution is -2.60. The first-order valence-electron chi connectivity index (χ1n) is 32.2. The molecule has 0 aromatic rings. The fourth-order valence-electron chi connectivity index (χ4n) is 10.4. The summed E-state index contributed by atoms with van der Waals surface area (Å²) in [5, 5.41) is 54.7. The van der Waals surface area contributed by atoms with Crippen LogP contribution >= 0.6 is 0 Å². The van der Waals surface area contributed by atoms with Gasteiger partial charge in [0.05, 0.1) is 25.4 Å². The lowest BCUT2D eigenvalue weighted by molar-refractivity contribution is -0.302. The molecule has 0 saturated carbocycles. The Morgan fingerprint density at radius 3 is 1.16 bits per heavy atom. The average Bonchev–Trinajstić information content (AvgIpc) is 3.40. The molecule has 0 aromatic heterocycles. The molecule has 0 aliphatic carbocycles. The van der Waals surface area contributed by atoms with Crippen LogP contribution in [0, 0.1) is 0 Å². The van der Waals surface area contributed by atoms with Crippen molar-refractivity contribution in [2.45, 2.75) is 358 Å². The molecule has 436 valence electrons. The Labute approximate surface area is 457 Å². The molecule has 0 bridgehead atoms. The molecular weight excluding hydrogens is 923 g/mol. The third-order valence-electron chi connectivity index (χ3n) is 15.5. The molecule has 1 aliphatic heterocycles. The third-order valence-corrected chi connectivity index (χ3v) is 15.5. The largest absolute Gasteiger partial charge is 0.394 e. The molecule has 1 saturated heterocycles. The van der Waals surface area contributed by atoms with Crippen molar-refractivity contribution in [2.24, 2.45) is 0 Å².